The van der Waals surface area contributed by atoms with Crippen LogP contribution in [0, 0.1) is 5.82 Å². The summed E-state index contributed by atoms with van der Waals surface area (Å²) in [7, 11) is 5.25. The minimum absolute atomic E-state index is 0.147. The topological polar surface area (TPSA) is 9.23 Å². The molecule has 0 aromatic heterocycles. The molecule has 0 aliphatic carbocycles. The molecule has 3 heteroatoms. The number of benzene rings is 1. The predicted molar refractivity (Wildman–Crippen MR) is 43.0 cm³/mol. The van der Waals surface area contributed by atoms with Crippen LogP contribution >= 0.6 is 0 Å². The second-order valence-electron chi connectivity index (χ2n) is 2.12. The van der Waals surface area contributed by atoms with E-state index in [1.165, 1.54) is 12.1 Å². The Balaban J connectivity index is 2.86. The molecule has 1 aromatic carbocycles. The molecule has 0 amide bonds. The lowest BCUT2D eigenvalue weighted by atomic mass is 9.96. The lowest BCUT2D eigenvalue weighted by Gasteiger charge is -2.03. The molecule has 56 valence electrons. The highest BCUT2D eigenvalue weighted by atomic mass is 19.1. The fraction of sp³-hybridized carbons (Fsp3) is 0.250. The van der Waals surface area contributed by atoms with Gasteiger partial charge in [0.25, 0.3) is 0 Å². The fourth-order valence-corrected chi connectivity index (χ4v) is 0.764. The van der Waals surface area contributed by atoms with Gasteiger partial charge in [0, 0.05) is 6.07 Å². The second-order valence-corrected chi connectivity index (χ2v) is 2.12. The summed E-state index contributed by atoms with van der Waals surface area (Å²) in [6.07, 6.45) is 0. The lowest BCUT2D eigenvalue weighted by Crippen LogP contribution is -2.07. The van der Waals surface area contributed by atoms with Crippen molar-refractivity contribution in [2.75, 3.05) is 6.61 Å². The van der Waals surface area contributed by atoms with E-state index in [0.29, 0.717) is 12.4 Å². The van der Waals surface area contributed by atoms with E-state index in [4.69, 9.17) is 12.6 Å². The second kappa shape index (κ2) is 3.42. The number of hydrogen-bond donors (Lipinski definition) is 0. The molecule has 2 radical (unpaired) electrons. The molecule has 1 rings (SSSR count). The van der Waals surface area contributed by atoms with Crippen LogP contribution in [0.25, 0.3) is 0 Å². The molecule has 1 aromatic rings. The van der Waals surface area contributed by atoms with Crippen molar-refractivity contribution in [3.05, 3.63) is 24.0 Å². The smallest absolute Gasteiger partial charge is 0.122 e. The Hall–Kier alpha value is -0.985. The van der Waals surface area contributed by atoms with Crippen LogP contribution in [0.4, 0.5) is 4.39 Å². The van der Waals surface area contributed by atoms with Gasteiger partial charge >= 0.3 is 0 Å². The summed E-state index contributed by atoms with van der Waals surface area (Å²) in [6.45, 7) is 2.37. The van der Waals surface area contributed by atoms with Gasteiger partial charge < -0.3 is 4.74 Å². The summed E-state index contributed by atoms with van der Waals surface area (Å²) in [4.78, 5) is 0. The molecule has 0 heterocycles. The Bertz CT molecular complexity index is 250. The molecular weight excluding hydrogens is 142 g/mol. The van der Waals surface area contributed by atoms with Crippen molar-refractivity contribution in [2.45, 2.75) is 6.92 Å². The molecule has 0 spiro atoms. The predicted octanol–water partition coefficient (Wildman–Crippen LogP) is 1.02. The third kappa shape index (κ3) is 1.97. The maximum atomic E-state index is 12.7. The molecule has 0 aliphatic rings. The summed E-state index contributed by atoms with van der Waals surface area (Å²) in [5, 5.41) is 0. The molecular formula is C8H8BFO. The van der Waals surface area contributed by atoms with Gasteiger partial charge in [-0.25, -0.2) is 4.39 Å². The molecule has 0 N–H and O–H groups in total. The summed E-state index contributed by atoms with van der Waals surface area (Å²) in [5.74, 6) is 0.0788. The minimum atomic E-state index is -0.434. The molecule has 1 nitrogen and oxygen atoms in total. The largest absolute Gasteiger partial charge is 0.494 e. The van der Waals surface area contributed by atoms with Crippen molar-refractivity contribution in [2.24, 2.45) is 0 Å². The van der Waals surface area contributed by atoms with Crippen LogP contribution < -0.4 is 10.2 Å². The summed E-state index contributed by atoms with van der Waals surface area (Å²) in [5.41, 5.74) is 0.147. The average molecular weight is 150 g/mol. The first kappa shape index (κ1) is 8.11. The van der Waals surface area contributed by atoms with Crippen molar-refractivity contribution >= 4 is 13.3 Å². The van der Waals surface area contributed by atoms with Gasteiger partial charge in [0.2, 0.25) is 0 Å². The third-order valence-electron chi connectivity index (χ3n) is 1.28. The first-order chi connectivity index (χ1) is 5.24. The lowest BCUT2D eigenvalue weighted by molar-refractivity contribution is 0.338. The number of ether oxygens (including phenoxy) is 1. The van der Waals surface area contributed by atoms with Crippen LogP contribution in [0.15, 0.2) is 18.2 Å². The Kier molecular flexibility index (Phi) is 2.52. The zero-order valence-corrected chi connectivity index (χ0v) is 6.30. The Morgan fingerprint density at radius 2 is 2.27 bits per heavy atom. The van der Waals surface area contributed by atoms with Crippen molar-refractivity contribution in [1.29, 1.82) is 0 Å². The zero-order valence-electron chi connectivity index (χ0n) is 6.30. The molecule has 0 saturated heterocycles. The molecule has 0 bridgehead atoms. The average Bonchev–Trinajstić information content (AvgIpc) is 1.98. The Morgan fingerprint density at radius 1 is 1.55 bits per heavy atom. The van der Waals surface area contributed by atoms with Crippen molar-refractivity contribution in [1.82, 2.24) is 0 Å². The highest BCUT2D eigenvalue weighted by Gasteiger charge is 1.97. The van der Waals surface area contributed by atoms with Gasteiger partial charge in [0.05, 0.1) is 6.61 Å². The van der Waals surface area contributed by atoms with Crippen molar-refractivity contribution in [3.63, 3.8) is 0 Å². The maximum absolute atomic E-state index is 12.7. The van der Waals surface area contributed by atoms with E-state index in [2.05, 4.69) is 0 Å². The number of halogens is 1. The zero-order chi connectivity index (χ0) is 8.27. The first-order valence-corrected chi connectivity index (χ1v) is 3.42. The van der Waals surface area contributed by atoms with E-state index in [1.54, 1.807) is 6.07 Å². The monoisotopic (exact) mass is 150 g/mol. The maximum Gasteiger partial charge on any atom is 0.122 e. The van der Waals surface area contributed by atoms with Gasteiger partial charge in [0.15, 0.2) is 0 Å². The van der Waals surface area contributed by atoms with Gasteiger partial charge in [-0.2, -0.15) is 0 Å². The van der Waals surface area contributed by atoms with E-state index < -0.39 is 5.82 Å². The molecule has 0 saturated carbocycles. The van der Waals surface area contributed by atoms with Crippen molar-refractivity contribution < 1.29 is 9.13 Å². The summed E-state index contributed by atoms with van der Waals surface area (Å²) < 4.78 is 17.7. The number of rotatable bonds is 2. The van der Waals surface area contributed by atoms with Gasteiger partial charge in [-0.05, 0) is 13.0 Å². The van der Waals surface area contributed by atoms with Crippen LogP contribution in [0.3, 0.4) is 0 Å². The van der Waals surface area contributed by atoms with Gasteiger partial charge in [-0.3, -0.25) is 0 Å². The van der Waals surface area contributed by atoms with E-state index in [1.807, 2.05) is 6.92 Å². The molecule has 0 fully saturated rings. The molecule has 0 unspecified atom stereocenters. The van der Waals surface area contributed by atoms with Crippen LogP contribution in [0.2, 0.25) is 0 Å². The van der Waals surface area contributed by atoms with Crippen LogP contribution in [-0.4, -0.2) is 14.5 Å². The summed E-state index contributed by atoms with van der Waals surface area (Å²) in [6, 6.07) is 4.40. The quantitative estimate of drug-likeness (QED) is 0.571. The van der Waals surface area contributed by atoms with E-state index in [9.17, 15) is 4.39 Å². The van der Waals surface area contributed by atoms with E-state index >= 15 is 0 Å². The standard InChI is InChI=1S/C8H8BFO/c1-2-11-6-3-4-7(9)8(10)5-6/h3-5H,2H2,1H3. The van der Waals surface area contributed by atoms with Crippen molar-refractivity contribution in [3.8, 4) is 5.75 Å². The number of hydrogen-bond acceptors (Lipinski definition) is 1. The van der Waals surface area contributed by atoms with Crippen LogP contribution in [0.5, 0.6) is 5.75 Å². The highest BCUT2D eigenvalue weighted by Crippen LogP contribution is 2.09. The Morgan fingerprint density at radius 3 is 2.82 bits per heavy atom. The normalized spacial score (nSPS) is 9.64. The van der Waals surface area contributed by atoms with Gasteiger partial charge in [-0.1, -0.05) is 11.5 Å². The highest BCUT2D eigenvalue weighted by molar-refractivity contribution is 6.32. The minimum Gasteiger partial charge on any atom is -0.494 e. The summed E-state index contributed by atoms with van der Waals surface area (Å²) >= 11 is 0. The third-order valence-corrected chi connectivity index (χ3v) is 1.28. The van der Waals surface area contributed by atoms with Gasteiger partial charge in [-0.15, -0.1) is 0 Å². The van der Waals surface area contributed by atoms with E-state index in [-0.39, 0.29) is 5.46 Å². The van der Waals surface area contributed by atoms with E-state index in [0.717, 1.165) is 0 Å². The van der Waals surface area contributed by atoms with Crippen LogP contribution in [-0.2, 0) is 0 Å². The Labute approximate surface area is 66.6 Å². The molecule has 11 heavy (non-hydrogen) atoms. The fourth-order valence-electron chi connectivity index (χ4n) is 0.764. The first-order valence-electron chi connectivity index (χ1n) is 3.42. The molecule has 0 atom stereocenters. The van der Waals surface area contributed by atoms with Gasteiger partial charge in [0.1, 0.15) is 19.4 Å². The molecule has 0 aliphatic heterocycles. The van der Waals surface area contributed by atoms with Crippen LogP contribution in [0.1, 0.15) is 6.92 Å². The SMILES string of the molecule is [B]c1ccc(OCC)cc1F.